The molecule has 1 N–H and O–H groups in total. The van der Waals surface area contributed by atoms with Crippen molar-refractivity contribution in [1.82, 2.24) is 4.90 Å². The van der Waals surface area contributed by atoms with Crippen LogP contribution in [-0.4, -0.2) is 23.6 Å². The number of aliphatic hydroxyl groups excluding tert-OH is 1. The molecule has 0 aliphatic heterocycles. The smallest absolute Gasteiger partial charge is 0.0917 e. The van der Waals surface area contributed by atoms with Crippen LogP contribution in [-0.2, 0) is 0 Å². The summed E-state index contributed by atoms with van der Waals surface area (Å²) in [5.41, 5.74) is 2.14. The minimum absolute atomic E-state index is 0.227. The first-order valence-corrected chi connectivity index (χ1v) is 7.14. The highest BCUT2D eigenvalue weighted by Crippen LogP contribution is 2.23. The Labute approximate surface area is 125 Å². The van der Waals surface area contributed by atoms with E-state index in [0.717, 1.165) is 10.6 Å². The van der Waals surface area contributed by atoms with Crippen molar-refractivity contribution in [3.8, 4) is 0 Å². The molecule has 20 heavy (non-hydrogen) atoms. The number of aliphatic hydroxyl groups is 1. The molecule has 0 heterocycles. The minimum atomic E-state index is -0.476. The molecule has 0 aliphatic carbocycles. The van der Waals surface area contributed by atoms with Gasteiger partial charge in [0, 0.05) is 17.6 Å². The molecule has 2 aromatic rings. The van der Waals surface area contributed by atoms with Crippen molar-refractivity contribution in [3.63, 3.8) is 0 Å². The van der Waals surface area contributed by atoms with Crippen LogP contribution in [0.5, 0.6) is 0 Å². The van der Waals surface area contributed by atoms with Gasteiger partial charge in [0.2, 0.25) is 0 Å². The summed E-state index contributed by atoms with van der Waals surface area (Å²) >= 11 is 5.91. The second kappa shape index (κ2) is 6.89. The van der Waals surface area contributed by atoms with E-state index in [1.54, 1.807) is 0 Å². The van der Waals surface area contributed by atoms with Crippen LogP contribution in [0.1, 0.15) is 30.2 Å². The Morgan fingerprint density at radius 2 is 1.60 bits per heavy atom. The van der Waals surface area contributed by atoms with Crippen LogP contribution in [0.2, 0.25) is 5.02 Å². The van der Waals surface area contributed by atoms with Gasteiger partial charge in [0.05, 0.1) is 6.10 Å². The van der Waals surface area contributed by atoms with Crippen LogP contribution in [0, 0.1) is 0 Å². The summed E-state index contributed by atoms with van der Waals surface area (Å²) < 4.78 is 0. The van der Waals surface area contributed by atoms with E-state index in [-0.39, 0.29) is 6.04 Å². The highest BCUT2D eigenvalue weighted by atomic mass is 35.5. The Morgan fingerprint density at radius 3 is 2.20 bits per heavy atom. The van der Waals surface area contributed by atoms with Crippen molar-refractivity contribution in [1.29, 1.82) is 0 Å². The van der Waals surface area contributed by atoms with E-state index in [4.69, 9.17) is 11.6 Å². The fourth-order valence-electron chi connectivity index (χ4n) is 2.21. The zero-order chi connectivity index (χ0) is 14.5. The van der Waals surface area contributed by atoms with Gasteiger partial charge in [-0.05, 0) is 37.2 Å². The summed E-state index contributed by atoms with van der Waals surface area (Å²) in [6.45, 7) is 2.72. The average Bonchev–Trinajstić information content (AvgIpc) is 2.48. The Bertz CT molecular complexity index is 526. The fourth-order valence-corrected chi connectivity index (χ4v) is 2.33. The van der Waals surface area contributed by atoms with Crippen LogP contribution in [0.4, 0.5) is 0 Å². The second-order valence-corrected chi connectivity index (χ2v) is 5.53. The third-order valence-electron chi connectivity index (χ3n) is 3.66. The number of rotatable bonds is 5. The fraction of sp³-hybridized carbons (Fsp3) is 0.294. The Hall–Kier alpha value is -1.35. The molecule has 2 unspecified atom stereocenters. The number of nitrogens with zero attached hydrogens (tertiary/aromatic N) is 1. The first-order chi connectivity index (χ1) is 9.58. The normalized spacial score (nSPS) is 14.2. The zero-order valence-electron chi connectivity index (χ0n) is 11.8. The van der Waals surface area contributed by atoms with Gasteiger partial charge in [-0.3, -0.25) is 4.90 Å². The maximum atomic E-state index is 10.3. The molecule has 0 fully saturated rings. The monoisotopic (exact) mass is 289 g/mol. The molecular weight excluding hydrogens is 270 g/mol. The summed E-state index contributed by atoms with van der Waals surface area (Å²) in [7, 11) is 2.02. The van der Waals surface area contributed by atoms with E-state index in [0.29, 0.717) is 6.54 Å². The van der Waals surface area contributed by atoms with Gasteiger partial charge in [-0.15, -0.1) is 0 Å². The lowest BCUT2D eigenvalue weighted by Crippen LogP contribution is -2.27. The molecule has 0 bridgehead atoms. The highest BCUT2D eigenvalue weighted by Gasteiger charge is 2.16. The number of likely N-dealkylation sites (N-methyl/N-ethyl adjacent to an activating group) is 1. The largest absolute Gasteiger partial charge is 0.387 e. The predicted octanol–water partition coefficient (Wildman–Crippen LogP) is 4.07. The second-order valence-electron chi connectivity index (χ2n) is 5.09. The first kappa shape index (κ1) is 15.0. The maximum Gasteiger partial charge on any atom is 0.0917 e. The highest BCUT2D eigenvalue weighted by molar-refractivity contribution is 6.30. The topological polar surface area (TPSA) is 23.5 Å². The lowest BCUT2D eigenvalue weighted by Gasteiger charge is -2.27. The molecule has 0 amide bonds. The molecule has 0 spiro atoms. The van der Waals surface area contributed by atoms with Gasteiger partial charge in [-0.1, -0.05) is 54.1 Å². The average molecular weight is 290 g/mol. The molecular formula is C17H20ClNO. The van der Waals surface area contributed by atoms with Crippen LogP contribution < -0.4 is 0 Å². The standard InChI is InChI=1S/C17H20ClNO/c1-13(14-8-10-16(18)11-9-14)19(2)12-17(20)15-6-4-3-5-7-15/h3-11,13,17,20H,12H2,1-2H3. The zero-order valence-corrected chi connectivity index (χ0v) is 12.6. The molecule has 0 saturated carbocycles. The van der Waals surface area contributed by atoms with Gasteiger partial charge in [0.25, 0.3) is 0 Å². The van der Waals surface area contributed by atoms with Gasteiger partial charge in [-0.2, -0.15) is 0 Å². The van der Waals surface area contributed by atoms with Crippen molar-refractivity contribution in [2.45, 2.75) is 19.1 Å². The molecule has 0 saturated heterocycles. The lowest BCUT2D eigenvalue weighted by molar-refractivity contribution is 0.108. The quantitative estimate of drug-likeness (QED) is 0.897. The van der Waals surface area contributed by atoms with Crippen molar-refractivity contribution >= 4 is 11.6 Å². The molecule has 0 aliphatic rings. The molecule has 2 rings (SSSR count). The minimum Gasteiger partial charge on any atom is -0.387 e. The number of halogens is 1. The summed E-state index contributed by atoms with van der Waals surface area (Å²) in [6, 6.07) is 17.8. The third kappa shape index (κ3) is 3.83. The molecule has 2 aromatic carbocycles. The summed E-state index contributed by atoms with van der Waals surface area (Å²) in [5, 5.41) is 11.0. The third-order valence-corrected chi connectivity index (χ3v) is 3.91. The van der Waals surface area contributed by atoms with Gasteiger partial charge in [0.15, 0.2) is 0 Å². The van der Waals surface area contributed by atoms with Crippen LogP contribution in [0.15, 0.2) is 54.6 Å². The number of hydrogen-bond acceptors (Lipinski definition) is 2. The van der Waals surface area contributed by atoms with Crippen LogP contribution in [0.3, 0.4) is 0 Å². The van der Waals surface area contributed by atoms with Gasteiger partial charge >= 0.3 is 0 Å². The first-order valence-electron chi connectivity index (χ1n) is 6.76. The van der Waals surface area contributed by atoms with Crippen molar-refractivity contribution in [3.05, 3.63) is 70.7 Å². The Balaban J connectivity index is 2.00. The number of hydrogen-bond donors (Lipinski definition) is 1. The van der Waals surface area contributed by atoms with Gasteiger partial charge in [-0.25, -0.2) is 0 Å². The predicted molar refractivity (Wildman–Crippen MR) is 83.9 cm³/mol. The van der Waals surface area contributed by atoms with Crippen LogP contribution >= 0.6 is 11.6 Å². The van der Waals surface area contributed by atoms with Crippen molar-refractivity contribution in [2.24, 2.45) is 0 Å². The van der Waals surface area contributed by atoms with E-state index in [1.807, 2.05) is 61.6 Å². The summed E-state index contributed by atoms with van der Waals surface area (Å²) in [6.07, 6.45) is -0.476. The maximum absolute atomic E-state index is 10.3. The number of benzene rings is 2. The molecule has 0 radical (unpaired) electrons. The molecule has 3 heteroatoms. The molecule has 106 valence electrons. The van der Waals surface area contributed by atoms with E-state index in [1.165, 1.54) is 5.56 Å². The van der Waals surface area contributed by atoms with Gasteiger partial charge in [0.1, 0.15) is 0 Å². The van der Waals surface area contributed by atoms with E-state index < -0.39 is 6.10 Å². The Kier molecular flexibility index (Phi) is 5.18. The molecule has 2 atom stereocenters. The summed E-state index contributed by atoms with van der Waals surface area (Å²) in [4.78, 5) is 2.14. The van der Waals surface area contributed by atoms with E-state index in [9.17, 15) is 5.11 Å². The van der Waals surface area contributed by atoms with Crippen molar-refractivity contribution in [2.75, 3.05) is 13.6 Å². The van der Waals surface area contributed by atoms with Gasteiger partial charge < -0.3 is 5.11 Å². The van der Waals surface area contributed by atoms with E-state index >= 15 is 0 Å². The summed E-state index contributed by atoms with van der Waals surface area (Å²) in [5.74, 6) is 0. The molecule has 0 aromatic heterocycles. The Morgan fingerprint density at radius 1 is 1.00 bits per heavy atom. The van der Waals surface area contributed by atoms with Crippen molar-refractivity contribution < 1.29 is 5.11 Å². The SMILES string of the molecule is CC(c1ccc(Cl)cc1)N(C)CC(O)c1ccccc1. The van der Waals surface area contributed by atoms with Crippen LogP contribution in [0.25, 0.3) is 0 Å². The molecule has 2 nitrogen and oxygen atoms in total. The van der Waals surface area contributed by atoms with E-state index in [2.05, 4.69) is 11.8 Å². The lowest BCUT2D eigenvalue weighted by atomic mass is 10.1.